The molecule has 0 saturated carbocycles. The third-order valence-corrected chi connectivity index (χ3v) is 5.57. The van der Waals surface area contributed by atoms with Gasteiger partial charge < -0.3 is 5.43 Å². The molecule has 1 amide bonds. The number of halogens is 1. The molecule has 1 aliphatic carbocycles. The first-order valence-corrected chi connectivity index (χ1v) is 8.73. The molecule has 1 atom stereocenters. The van der Waals surface area contributed by atoms with Gasteiger partial charge in [0.2, 0.25) is 0 Å². The van der Waals surface area contributed by atoms with E-state index < -0.39 is 0 Å². The molecule has 0 spiro atoms. The second-order valence-corrected chi connectivity index (χ2v) is 7.46. The van der Waals surface area contributed by atoms with Crippen LogP contribution in [0.2, 0.25) is 0 Å². The Bertz CT molecular complexity index is 566. The number of hydrazine groups is 1. The predicted octanol–water partition coefficient (Wildman–Crippen LogP) is 4.80. The Morgan fingerprint density at radius 1 is 1.36 bits per heavy atom. The molecule has 22 heavy (non-hydrogen) atoms. The fraction of sp³-hybridized carbons (Fsp3) is 0.500. The smallest absolute Gasteiger partial charge is 0.270 e. The number of allylic oxidation sites excluding steroid dienone is 2. The molecule has 0 heterocycles. The molecule has 0 unspecified atom stereocenters. The molecule has 0 saturated heterocycles. The third-order valence-electron chi connectivity index (χ3n) is 4.88. The van der Waals surface area contributed by atoms with E-state index in [0.29, 0.717) is 11.0 Å². The maximum absolute atomic E-state index is 12.1. The van der Waals surface area contributed by atoms with Gasteiger partial charge in [-0.15, -0.1) is 0 Å². The number of nitrogens with one attached hydrogen (secondary N) is 2. The molecular formula is C18H25BrN2O. The number of hydrogen-bond donors (Lipinski definition) is 2. The summed E-state index contributed by atoms with van der Waals surface area (Å²) in [7, 11) is 0. The summed E-state index contributed by atoms with van der Waals surface area (Å²) >= 11 is 3.40. The molecule has 3 nitrogen and oxygen atoms in total. The SMILES string of the molecule is CCC(C)(C)[C@H]1CC=C(NNC(=O)c2ccccc2Br)CC1. The highest BCUT2D eigenvalue weighted by atomic mass is 79.9. The summed E-state index contributed by atoms with van der Waals surface area (Å²) < 4.78 is 0.802. The van der Waals surface area contributed by atoms with E-state index in [4.69, 9.17) is 0 Å². The van der Waals surface area contributed by atoms with Gasteiger partial charge in [-0.2, -0.15) is 0 Å². The molecule has 2 rings (SSSR count). The van der Waals surface area contributed by atoms with E-state index in [1.165, 1.54) is 12.8 Å². The highest BCUT2D eigenvalue weighted by molar-refractivity contribution is 9.10. The monoisotopic (exact) mass is 364 g/mol. The summed E-state index contributed by atoms with van der Waals surface area (Å²) in [4.78, 5) is 12.1. The minimum Gasteiger partial charge on any atom is -0.303 e. The van der Waals surface area contributed by atoms with Crippen LogP contribution in [0.5, 0.6) is 0 Å². The second-order valence-electron chi connectivity index (χ2n) is 6.60. The van der Waals surface area contributed by atoms with E-state index in [0.717, 1.165) is 28.9 Å². The third kappa shape index (κ3) is 4.13. The van der Waals surface area contributed by atoms with Crippen LogP contribution < -0.4 is 10.9 Å². The molecule has 0 radical (unpaired) electrons. The zero-order valence-corrected chi connectivity index (χ0v) is 15.2. The molecule has 1 aromatic carbocycles. The summed E-state index contributed by atoms with van der Waals surface area (Å²) in [5.74, 6) is 0.603. The van der Waals surface area contributed by atoms with E-state index in [1.54, 1.807) is 6.07 Å². The van der Waals surface area contributed by atoms with Gasteiger partial charge in [-0.05, 0) is 58.7 Å². The van der Waals surface area contributed by atoms with Crippen LogP contribution in [0, 0.1) is 11.3 Å². The summed E-state index contributed by atoms with van der Waals surface area (Å²) in [5.41, 5.74) is 8.01. The first-order valence-electron chi connectivity index (χ1n) is 7.94. The van der Waals surface area contributed by atoms with Gasteiger partial charge in [0.1, 0.15) is 0 Å². The number of carbonyl (C=O) groups is 1. The second kappa shape index (κ2) is 7.32. The van der Waals surface area contributed by atoms with Crippen molar-refractivity contribution in [2.45, 2.75) is 46.5 Å². The summed E-state index contributed by atoms with van der Waals surface area (Å²) in [6.45, 7) is 6.95. The molecule has 1 aromatic rings. The van der Waals surface area contributed by atoms with Crippen molar-refractivity contribution in [1.82, 2.24) is 10.9 Å². The molecule has 120 valence electrons. The van der Waals surface area contributed by atoms with Gasteiger partial charge in [-0.1, -0.05) is 45.4 Å². The summed E-state index contributed by atoms with van der Waals surface area (Å²) in [6, 6.07) is 7.42. The van der Waals surface area contributed by atoms with Crippen LogP contribution in [0.25, 0.3) is 0 Å². The molecule has 2 N–H and O–H groups in total. The van der Waals surface area contributed by atoms with Gasteiger partial charge in [0, 0.05) is 10.2 Å². The van der Waals surface area contributed by atoms with Crippen molar-refractivity contribution in [1.29, 1.82) is 0 Å². The Kier molecular flexibility index (Phi) is 5.68. The van der Waals surface area contributed by atoms with Crippen molar-refractivity contribution in [2.75, 3.05) is 0 Å². The Morgan fingerprint density at radius 2 is 2.09 bits per heavy atom. The van der Waals surface area contributed by atoms with Gasteiger partial charge in [0.05, 0.1) is 5.56 Å². The topological polar surface area (TPSA) is 41.1 Å². The van der Waals surface area contributed by atoms with Crippen molar-refractivity contribution in [3.05, 3.63) is 46.1 Å². The molecule has 0 aromatic heterocycles. The van der Waals surface area contributed by atoms with Crippen LogP contribution in [0.15, 0.2) is 40.5 Å². The van der Waals surface area contributed by atoms with Crippen molar-refractivity contribution in [3.63, 3.8) is 0 Å². The normalized spacial score (nSPS) is 18.5. The summed E-state index contributed by atoms with van der Waals surface area (Å²) in [6.07, 6.45) is 6.67. The zero-order valence-electron chi connectivity index (χ0n) is 13.6. The van der Waals surface area contributed by atoms with Gasteiger partial charge in [0.15, 0.2) is 0 Å². The first kappa shape index (κ1) is 17.1. The van der Waals surface area contributed by atoms with E-state index in [2.05, 4.69) is 53.6 Å². The maximum Gasteiger partial charge on any atom is 0.270 e. The first-order chi connectivity index (χ1) is 10.4. The molecule has 0 bridgehead atoms. The fourth-order valence-electron chi connectivity index (χ4n) is 2.80. The van der Waals surface area contributed by atoms with Gasteiger partial charge in [-0.3, -0.25) is 10.2 Å². The van der Waals surface area contributed by atoms with Crippen LogP contribution in [-0.2, 0) is 0 Å². The van der Waals surface area contributed by atoms with E-state index >= 15 is 0 Å². The number of rotatable bonds is 5. The lowest BCUT2D eigenvalue weighted by Crippen LogP contribution is -2.38. The van der Waals surface area contributed by atoms with E-state index in [1.807, 2.05) is 18.2 Å². The Morgan fingerprint density at radius 3 is 2.68 bits per heavy atom. The van der Waals surface area contributed by atoms with Crippen LogP contribution >= 0.6 is 15.9 Å². The van der Waals surface area contributed by atoms with Crippen molar-refractivity contribution < 1.29 is 4.79 Å². The Hall–Kier alpha value is -1.29. The number of benzene rings is 1. The number of hydrogen-bond acceptors (Lipinski definition) is 2. The van der Waals surface area contributed by atoms with Crippen LogP contribution in [0.3, 0.4) is 0 Å². The Labute approximate surface area is 141 Å². The lowest BCUT2D eigenvalue weighted by atomic mass is 9.71. The average Bonchev–Trinajstić information content (AvgIpc) is 2.53. The van der Waals surface area contributed by atoms with E-state index in [9.17, 15) is 4.79 Å². The summed E-state index contributed by atoms with van der Waals surface area (Å²) in [5, 5.41) is 0. The minimum atomic E-state index is -0.121. The molecule has 1 aliphatic rings. The molecule has 0 fully saturated rings. The van der Waals surface area contributed by atoms with Gasteiger partial charge in [0.25, 0.3) is 5.91 Å². The Balaban J connectivity index is 1.89. The van der Waals surface area contributed by atoms with Gasteiger partial charge in [-0.25, -0.2) is 0 Å². The molecule has 4 heteroatoms. The van der Waals surface area contributed by atoms with Crippen molar-refractivity contribution in [3.8, 4) is 0 Å². The quantitative estimate of drug-likeness (QED) is 0.736. The average molecular weight is 365 g/mol. The fourth-order valence-corrected chi connectivity index (χ4v) is 3.26. The van der Waals surface area contributed by atoms with Crippen LogP contribution in [0.1, 0.15) is 56.8 Å². The number of amides is 1. The highest BCUT2D eigenvalue weighted by Gasteiger charge is 2.28. The lowest BCUT2D eigenvalue weighted by molar-refractivity contribution is 0.0935. The number of carbonyl (C=O) groups excluding carboxylic acids is 1. The molecule has 0 aliphatic heterocycles. The highest BCUT2D eigenvalue weighted by Crippen LogP contribution is 2.39. The largest absolute Gasteiger partial charge is 0.303 e. The predicted molar refractivity (Wildman–Crippen MR) is 94.2 cm³/mol. The lowest BCUT2D eigenvalue weighted by Gasteiger charge is -2.35. The van der Waals surface area contributed by atoms with Crippen LogP contribution in [0.4, 0.5) is 0 Å². The zero-order chi connectivity index (χ0) is 16.2. The van der Waals surface area contributed by atoms with Crippen molar-refractivity contribution in [2.24, 2.45) is 11.3 Å². The molecular weight excluding hydrogens is 340 g/mol. The maximum atomic E-state index is 12.1. The van der Waals surface area contributed by atoms with E-state index in [-0.39, 0.29) is 5.91 Å². The van der Waals surface area contributed by atoms with Crippen LogP contribution in [-0.4, -0.2) is 5.91 Å². The standard InChI is InChI=1S/C18H25BrN2O/c1-4-18(2,3)13-9-11-14(12-10-13)20-21-17(22)15-7-5-6-8-16(15)19/h5-8,11,13,20H,4,9-10,12H2,1-3H3,(H,21,22)/t13-/m0/s1. The minimum absolute atomic E-state index is 0.121. The van der Waals surface area contributed by atoms with Crippen molar-refractivity contribution >= 4 is 21.8 Å². The van der Waals surface area contributed by atoms with Gasteiger partial charge >= 0.3 is 0 Å².